The number of aromatic nitrogens is 1. The first-order valence-electron chi connectivity index (χ1n) is 7.21. The Labute approximate surface area is 122 Å². The van der Waals surface area contributed by atoms with E-state index >= 15 is 0 Å². The highest BCUT2D eigenvalue weighted by molar-refractivity contribution is 6.00. The van der Waals surface area contributed by atoms with E-state index in [2.05, 4.69) is 0 Å². The Bertz CT molecular complexity index is 798. The Kier molecular flexibility index (Phi) is 4.40. The van der Waals surface area contributed by atoms with Gasteiger partial charge in [-0.15, -0.1) is 0 Å². The van der Waals surface area contributed by atoms with Gasteiger partial charge in [-0.2, -0.15) is 0 Å². The molecule has 5 heteroatoms. The Morgan fingerprint density at radius 2 is 1.90 bits per heavy atom. The average molecular weight is 289 g/mol. The highest BCUT2D eigenvalue weighted by atomic mass is 16.4. The molecule has 0 amide bonds. The highest BCUT2D eigenvalue weighted by Gasteiger charge is 2.15. The average Bonchev–Trinajstić information content (AvgIpc) is 2.43. The van der Waals surface area contributed by atoms with Crippen molar-refractivity contribution < 1.29 is 9.21 Å². The molecule has 0 N–H and O–H groups in total. The lowest BCUT2D eigenvalue weighted by Gasteiger charge is -2.10. The molecule has 0 bridgehead atoms. The Morgan fingerprint density at radius 3 is 2.52 bits per heavy atom. The van der Waals surface area contributed by atoms with Gasteiger partial charge >= 0.3 is 11.4 Å². The molecule has 0 aliphatic carbocycles. The van der Waals surface area contributed by atoms with Gasteiger partial charge in [0.05, 0.1) is 10.9 Å². The summed E-state index contributed by atoms with van der Waals surface area (Å²) in [6.07, 6.45) is 1.94. The molecule has 5 nitrogen and oxygen atoms in total. The fraction of sp³-hybridized carbons (Fsp3) is 0.438. The summed E-state index contributed by atoms with van der Waals surface area (Å²) in [5, 5.41) is 0.285. The lowest BCUT2D eigenvalue weighted by Crippen LogP contribution is -2.25. The third-order valence-corrected chi connectivity index (χ3v) is 3.48. The molecule has 0 spiro atoms. The zero-order valence-corrected chi connectivity index (χ0v) is 12.6. The van der Waals surface area contributed by atoms with E-state index in [1.54, 1.807) is 12.1 Å². The monoisotopic (exact) mass is 289 g/mol. The molecule has 2 aromatic rings. The smallest absolute Gasteiger partial charge is 0.372 e. The fourth-order valence-electron chi connectivity index (χ4n) is 2.46. The van der Waals surface area contributed by atoms with E-state index in [1.165, 1.54) is 4.57 Å². The van der Waals surface area contributed by atoms with Crippen molar-refractivity contribution in [2.24, 2.45) is 0 Å². The van der Waals surface area contributed by atoms with Crippen LogP contribution in [0, 0.1) is 6.92 Å². The van der Waals surface area contributed by atoms with Gasteiger partial charge in [-0.3, -0.25) is 9.36 Å². The third-order valence-electron chi connectivity index (χ3n) is 3.48. The summed E-state index contributed by atoms with van der Waals surface area (Å²) < 4.78 is 6.19. The van der Waals surface area contributed by atoms with Gasteiger partial charge in [-0.1, -0.05) is 13.8 Å². The fourth-order valence-corrected chi connectivity index (χ4v) is 2.46. The van der Waals surface area contributed by atoms with Crippen LogP contribution >= 0.6 is 0 Å². The summed E-state index contributed by atoms with van der Waals surface area (Å²) in [4.78, 5) is 35.8. The zero-order valence-electron chi connectivity index (χ0n) is 12.6. The van der Waals surface area contributed by atoms with Gasteiger partial charge in [0.2, 0.25) is 0 Å². The van der Waals surface area contributed by atoms with Crippen LogP contribution in [0.25, 0.3) is 10.9 Å². The Morgan fingerprint density at radius 1 is 1.19 bits per heavy atom. The number of fused-ring (bicyclic) bond motifs is 1. The van der Waals surface area contributed by atoms with Gasteiger partial charge in [0.1, 0.15) is 0 Å². The SMILES string of the molecule is CCCC(=O)c1cc2c(=O)oc(=O)n(CCC)c2cc1C. The summed E-state index contributed by atoms with van der Waals surface area (Å²) in [7, 11) is 0. The molecule has 0 fully saturated rings. The van der Waals surface area contributed by atoms with Crippen molar-refractivity contribution in [2.75, 3.05) is 0 Å². The largest absolute Gasteiger partial charge is 0.422 e. The number of nitrogens with zero attached hydrogens (tertiary/aromatic N) is 1. The number of hydrogen-bond acceptors (Lipinski definition) is 4. The molecule has 0 saturated carbocycles. The predicted molar refractivity (Wildman–Crippen MR) is 81.0 cm³/mol. The van der Waals surface area contributed by atoms with E-state index in [4.69, 9.17) is 4.42 Å². The maximum atomic E-state index is 12.1. The van der Waals surface area contributed by atoms with Gasteiger partial charge in [0.15, 0.2) is 5.78 Å². The minimum absolute atomic E-state index is 0.00421. The lowest BCUT2D eigenvalue weighted by molar-refractivity contribution is 0.0981. The van der Waals surface area contributed by atoms with Crippen LogP contribution in [0.3, 0.4) is 0 Å². The number of rotatable bonds is 5. The van der Waals surface area contributed by atoms with Gasteiger partial charge in [-0.25, -0.2) is 9.59 Å². The number of Topliss-reactive ketones (excluding diaryl/α,β-unsaturated/α-hetero) is 1. The van der Waals surface area contributed by atoms with E-state index < -0.39 is 11.4 Å². The molecular weight excluding hydrogens is 270 g/mol. The molecule has 0 aliphatic heterocycles. The summed E-state index contributed by atoms with van der Waals surface area (Å²) in [6.45, 7) is 6.16. The third kappa shape index (κ3) is 2.82. The number of carbonyl (C=O) groups is 1. The van der Waals surface area contributed by atoms with E-state index in [1.807, 2.05) is 20.8 Å². The highest BCUT2D eigenvalue weighted by Crippen LogP contribution is 2.18. The van der Waals surface area contributed by atoms with Crippen molar-refractivity contribution in [3.8, 4) is 0 Å². The minimum atomic E-state index is -0.687. The van der Waals surface area contributed by atoms with Gasteiger partial charge in [0.25, 0.3) is 0 Å². The second-order valence-electron chi connectivity index (χ2n) is 5.16. The molecule has 112 valence electrons. The normalized spacial score (nSPS) is 11.0. The van der Waals surface area contributed by atoms with E-state index in [0.717, 1.165) is 18.4 Å². The maximum Gasteiger partial charge on any atom is 0.422 e. The molecular formula is C16H19NO4. The zero-order chi connectivity index (χ0) is 15.6. The molecule has 0 saturated heterocycles. The molecule has 1 heterocycles. The molecule has 21 heavy (non-hydrogen) atoms. The second kappa shape index (κ2) is 6.08. The van der Waals surface area contributed by atoms with Crippen molar-refractivity contribution in [1.29, 1.82) is 0 Å². The van der Waals surface area contributed by atoms with Crippen LogP contribution in [0.2, 0.25) is 0 Å². The second-order valence-corrected chi connectivity index (χ2v) is 5.16. The Hall–Kier alpha value is -2.17. The first-order chi connectivity index (χ1) is 9.99. The number of ketones is 1. The van der Waals surface area contributed by atoms with Crippen molar-refractivity contribution in [1.82, 2.24) is 4.57 Å². The van der Waals surface area contributed by atoms with Crippen molar-refractivity contribution >= 4 is 16.7 Å². The first-order valence-corrected chi connectivity index (χ1v) is 7.21. The number of carbonyl (C=O) groups excluding carboxylic acids is 1. The van der Waals surface area contributed by atoms with E-state index in [9.17, 15) is 14.4 Å². The summed E-state index contributed by atoms with van der Waals surface area (Å²) >= 11 is 0. The van der Waals surface area contributed by atoms with Gasteiger partial charge < -0.3 is 4.42 Å². The van der Waals surface area contributed by atoms with Gasteiger partial charge in [-0.05, 0) is 37.5 Å². The summed E-state index contributed by atoms with van der Waals surface area (Å²) in [6, 6.07) is 3.28. The van der Waals surface area contributed by atoms with Crippen LogP contribution in [-0.2, 0) is 6.54 Å². The topological polar surface area (TPSA) is 69.3 Å². The van der Waals surface area contributed by atoms with E-state index in [0.29, 0.717) is 24.0 Å². The predicted octanol–water partition coefficient (Wildman–Crippen LogP) is 2.66. The Balaban J connectivity index is 2.77. The number of aryl methyl sites for hydroxylation is 2. The van der Waals surface area contributed by atoms with Gasteiger partial charge in [0, 0.05) is 18.5 Å². The van der Waals surface area contributed by atoms with E-state index in [-0.39, 0.29) is 11.2 Å². The van der Waals surface area contributed by atoms with Crippen molar-refractivity contribution in [2.45, 2.75) is 46.6 Å². The van der Waals surface area contributed by atoms with Crippen molar-refractivity contribution in [3.05, 3.63) is 44.2 Å². The molecule has 0 radical (unpaired) electrons. The number of benzene rings is 1. The molecule has 1 aromatic carbocycles. The first kappa shape index (κ1) is 15.2. The molecule has 0 atom stereocenters. The molecule has 0 unspecified atom stereocenters. The number of hydrogen-bond donors (Lipinski definition) is 0. The minimum Gasteiger partial charge on any atom is -0.372 e. The van der Waals surface area contributed by atoms with Crippen LogP contribution in [0.5, 0.6) is 0 Å². The van der Waals surface area contributed by atoms with Crippen LogP contribution in [0.15, 0.2) is 26.1 Å². The van der Waals surface area contributed by atoms with Crippen molar-refractivity contribution in [3.63, 3.8) is 0 Å². The lowest BCUT2D eigenvalue weighted by atomic mass is 9.99. The van der Waals surface area contributed by atoms with Crippen LogP contribution in [0.1, 0.15) is 49.0 Å². The molecule has 1 aromatic heterocycles. The summed E-state index contributed by atoms with van der Waals surface area (Å²) in [5.74, 6) is -0.647. The van der Waals surface area contributed by atoms with Crippen LogP contribution in [-0.4, -0.2) is 10.4 Å². The van der Waals surface area contributed by atoms with Crippen LogP contribution < -0.4 is 11.4 Å². The quantitative estimate of drug-likeness (QED) is 0.793. The maximum absolute atomic E-state index is 12.1. The molecule has 0 aliphatic rings. The standard InChI is InChI=1S/C16H19NO4/c1-4-6-14(18)11-9-12-13(8-10(11)3)17(7-5-2)16(20)21-15(12)19/h8-9H,4-7H2,1-3H3. The van der Waals surface area contributed by atoms with Crippen LogP contribution in [0.4, 0.5) is 0 Å². The molecule has 2 rings (SSSR count). The summed E-state index contributed by atoms with van der Waals surface area (Å²) in [5.41, 5.74) is 1.14.